The van der Waals surface area contributed by atoms with Gasteiger partial charge in [0.2, 0.25) is 5.95 Å². The van der Waals surface area contributed by atoms with Crippen LogP contribution in [0.3, 0.4) is 0 Å². The molecule has 0 aromatic carbocycles. The number of aromatic nitrogens is 2. The molecule has 1 fully saturated rings. The van der Waals surface area contributed by atoms with Crippen molar-refractivity contribution < 1.29 is 4.79 Å². The summed E-state index contributed by atoms with van der Waals surface area (Å²) in [5.41, 5.74) is 0.560. The van der Waals surface area contributed by atoms with Gasteiger partial charge in [0, 0.05) is 45.1 Å². The Kier molecular flexibility index (Phi) is 4.89. The Labute approximate surface area is 120 Å². The van der Waals surface area contributed by atoms with Crippen molar-refractivity contribution in [3.05, 3.63) is 18.0 Å². The van der Waals surface area contributed by atoms with Crippen LogP contribution in [0.1, 0.15) is 24.2 Å². The molecule has 1 saturated heterocycles. The molecular formula is C14H23N5O. The molecule has 0 saturated carbocycles. The van der Waals surface area contributed by atoms with E-state index in [1.807, 2.05) is 4.90 Å². The molecule has 1 aromatic heterocycles. The molecule has 1 aliphatic rings. The van der Waals surface area contributed by atoms with Crippen molar-refractivity contribution in [2.24, 2.45) is 5.92 Å². The molecule has 1 aromatic rings. The number of nitrogens with zero attached hydrogens (tertiary/aromatic N) is 4. The minimum absolute atomic E-state index is 0.0218. The molecule has 1 aliphatic heterocycles. The highest BCUT2D eigenvalue weighted by Gasteiger charge is 2.20. The van der Waals surface area contributed by atoms with Crippen molar-refractivity contribution in [1.82, 2.24) is 19.8 Å². The minimum Gasteiger partial charge on any atom is -0.354 e. The van der Waals surface area contributed by atoms with Crippen LogP contribution in [0.2, 0.25) is 0 Å². The van der Waals surface area contributed by atoms with Crippen LogP contribution in [-0.2, 0) is 0 Å². The van der Waals surface area contributed by atoms with E-state index >= 15 is 0 Å². The van der Waals surface area contributed by atoms with Crippen molar-refractivity contribution in [2.45, 2.75) is 13.8 Å². The van der Waals surface area contributed by atoms with E-state index in [0.29, 0.717) is 17.4 Å². The number of hydrogen-bond acceptors (Lipinski definition) is 5. The smallest absolute Gasteiger partial charge is 0.257 e. The quantitative estimate of drug-likeness (QED) is 0.887. The second-order valence-electron chi connectivity index (χ2n) is 5.67. The Morgan fingerprint density at radius 1 is 1.25 bits per heavy atom. The fourth-order valence-electron chi connectivity index (χ4n) is 2.02. The largest absolute Gasteiger partial charge is 0.354 e. The summed E-state index contributed by atoms with van der Waals surface area (Å²) >= 11 is 0. The average molecular weight is 277 g/mol. The Morgan fingerprint density at radius 3 is 2.40 bits per heavy atom. The summed E-state index contributed by atoms with van der Waals surface area (Å²) in [6, 6.07) is 0. The van der Waals surface area contributed by atoms with Gasteiger partial charge in [-0.1, -0.05) is 13.8 Å². The summed E-state index contributed by atoms with van der Waals surface area (Å²) in [4.78, 5) is 24.8. The number of carbonyl (C=O) groups is 1. The van der Waals surface area contributed by atoms with Gasteiger partial charge in [0.05, 0.1) is 5.56 Å². The molecule has 6 heteroatoms. The topological polar surface area (TPSA) is 61.4 Å². The van der Waals surface area contributed by atoms with Crippen LogP contribution in [0.25, 0.3) is 0 Å². The van der Waals surface area contributed by atoms with Gasteiger partial charge >= 0.3 is 0 Å². The minimum atomic E-state index is 0.0218. The van der Waals surface area contributed by atoms with E-state index in [1.165, 1.54) is 0 Å². The van der Waals surface area contributed by atoms with Crippen molar-refractivity contribution in [3.8, 4) is 0 Å². The highest BCUT2D eigenvalue weighted by molar-refractivity contribution is 5.93. The number of piperazine rings is 1. The number of likely N-dealkylation sites (N-methyl/N-ethyl adjacent to an activating group) is 1. The highest BCUT2D eigenvalue weighted by Crippen LogP contribution is 2.08. The summed E-state index contributed by atoms with van der Waals surface area (Å²) in [6.45, 7) is 8.44. The number of anilines is 1. The van der Waals surface area contributed by atoms with Gasteiger partial charge in [-0.2, -0.15) is 0 Å². The molecule has 110 valence electrons. The van der Waals surface area contributed by atoms with Crippen molar-refractivity contribution in [1.29, 1.82) is 0 Å². The monoisotopic (exact) mass is 277 g/mol. The summed E-state index contributed by atoms with van der Waals surface area (Å²) in [5.74, 6) is 1.13. The SMILES string of the molecule is CC(C)CNc1ncc(C(=O)N2CCN(C)CC2)cn1. The van der Waals surface area contributed by atoms with Crippen LogP contribution in [0, 0.1) is 5.92 Å². The van der Waals surface area contributed by atoms with Gasteiger partial charge < -0.3 is 15.1 Å². The van der Waals surface area contributed by atoms with Crippen LogP contribution >= 0.6 is 0 Å². The van der Waals surface area contributed by atoms with Crippen molar-refractivity contribution in [3.63, 3.8) is 0 Å². The molecule has 20 heavy (non-hydrogen) atoms. The fourth-order valence-corrected chi connectivity index (χ4v) is 2.02. The number of hydrogen-bond donors (Lipinski definition) is 1. The van der Waals surface area contributed by atoms with Gasteiger partial charge in [0.1, 0.15) is 0 Å². The number of nitrogens with one attached hydrogen (secondary N) is 1. The van der Waals surface area contributed by atoms with E-state index < -0.39 is 0 Å². The summed E-state index contributed by atoms with van der Waals surface area (Å²) in [7, 11) is 2.07. The second kappa shape index (κ2) is 6.65. The van der Waals surface area contributed by atoms with E-state index in [0.717, 1.165) is 32.7 Å². The first-order valence-electron chi connectivity index (χ1n) is 7.10. The lowest BCUT2D eigenvalue weighted by molar-refractivity contribution is 0.0663. The van der Waals surface area contributed by atoms with E-state index in [2.05, 4.69) is 41.1 Å². The molecule has 2 rings (SSSR count). The van der Waals surface area contributed by atoms with Gasteiger partial charge in [-0.05, 0) is 13.0 Å². The summed E-state index contributed by atoms with van der Waals surface area (Å²) in [6.07, 6.45) is 3.21. The summed E-state index contributed by atoms with van der Waals surface area (Å²) in [5, 5.41) is 3.14. The maximum Gasteiger partial charge on any atom is 0.257 e. The predicted molar refractivity (Wildman–Crippen MR) is 78.8 cm³/mol. The van der Waals surface area contributed by atoms with Gasteiger partial charge in [-0.15, -0.1) is 0 Å². The van der Waals surface area contributed by atoms with Gasteiger partial charge in [-0.3, -0.25) is 4.79 Å². The Morgan fingerprint density at radius 2 is 1.85 bits per heavy atom. The molecular weight excluding hydrogens is 254 g/mol. The molecule has 0 atom stereocenters. The van der Waals surface area contributed by atoms with Crippen molar-refractivity contribution >= 4 is 11.9 Å². The zero-order valence-electron chi connectivity index (χ0n) is 12.5. The molecule has 6 nitrogen and oxygen atoms in total. The highest BCUT2D eigenvalue weighted by atomic mass is 16.2. The lowest BCUT2D eigenvalue weighted by Crippen LogP contribution is -2.47. The molecule has 0 spiro atoms. The maximum absolute atomic E-state index is 12.3. The van der Waals surface area contributed by atoms with Crippen LogP contribution in [-0.4, -0.2) is 65.4 Å². The number of carbonyl (C=O) groups excluding carboxylic acids is 1. The molecule has 0 aliphatic carbocycles. The van der Waals surface area contributed by atoms with Gasteiger partial charge in [0.15, 0.2) is 0 Å². The second-order valence-corrected chi connectivity index (χ2v) is 5.67. The molecule has 0 radical (unpaired) electrons. The Hall–Kier alpha value is -1.69. The molecule has 1 N–H and O–H groups in total. The molecule has 0 bridgehead atoms. The van der Waals surface area contributed by atoms with Gasteiger partial charge in [0.25, 0.3) is 5.91 Å². The molecule has 0 unspecified atom stereocenters. The fraction of sp³-hybridized carbons (Fsp3) is 0.643. The van der Waals surface area contributed by atoms with Gasteiger partial charge in [-0.25, -0.2) is 9.97 Å². The predicted octanol–water partition coefficient (Wildman–Crippen LogP) is 0.932. The van der Waals surface area contributed by atoms with Crippen LogP contribution < -0.4 is 5.32 Å². The summed E-state index contributed by atoms with van der Waals surface area (Å²) < 4.78 is 0. The maximum atomic E-state index is 12.3. The first-order valence-corrected chi connectivity index (χ1v) is 7.10. The van der Waals surface area contributed by atoms with E-state index in [4.69, 9.17) is 0 Å². The Bertz CT molecular complexity index is 437. The zero-order valence-corrected chi connectivity index (χ0v) is 12.5. The third-order valence-corrected chi connectivity index (χ3v) is 3.36. The first-order chi connectivity index (χ1) is 9.56. The first kappa shape index (κ1) is 14.7. The van der Waals surface area contributed by atoms with E-state index in [-0.39, 0.29) is 5.91 Å². The van der Waals surface area contributed by atoms with E-state index in [1.54, 1.807) is 12.4 Å². The third-order valence-electron chi connectivity index (χ3n) is 3.36. The van der Waals surface area contributed by atoms with E-state index in [9.17, 15) is 4.79 Å². The van der Waals surface area contributed by atoms with Crippen LogP contribution in [0.4, 0.5) is 5.95 Å². The zero-order chi connectivity index (χ0) is 14.5. The molecule has 1 amide bonds. The van der Waals surface area contributed by atoms with Crippen LogP contribution in [0.15, 0.2) is 12.4 Å². The standard InChI is InChI=1S/C14H23N5O/c1-11(2)8-15-14-16-9-12(10-17-14)13(20)19-6-4-18(3)5-7-19/h9-11H,4-8H2,1-3H3,(H,15,16,17). The normalized spacial score (nSPS) is 16.5. The number of rotatable bonds is 4. The lowest BCUT2D eigenvalue weighted by atomic mass is 10.2. The van der Waals surface area contributed by atoms with Crippen molar-refractivity contribution in [2.75, 3.05) is 45.1 Å². The lowest BCUT2D eigenvalue weighted by Gasteiger charge is -2.32. The van der Waals surface area contributed by atoms with Crippen LogP contribution in [0.5, 0.6) is 0 Å². The average Bonchev–Trinajstić information content (AvgIpc) is 2.46. The molecule has 2 heterocycles. The number of amides is 1. The third kappa shape index (κ3) is 3.90. The Balaban J connectivity index is 1.93.